The number of hydrogen-bond donors (Lipinski definition) is 2. The van der Waals surface area contributed by atoms with E-state index in [4.69, 9.17) is 9.84 Å². The summed E-state index contributed by atoms with van der Waals surface area (Å²) in [4.78, 5) is 30.6. The van der Waals surface area contributed by atoms with Gasteiger partial charge in [-0.1, -0.05) is 18.2 Å². The summed E-state index contributed by atoms with van der Waals surface area (Å²) < 4.78 is 60.6. The van der Waals surface area contributed by atoms with Crippen molar-refractivity contribution in [3.05, 3.63) is 94.6 Å². The minimum Gasteiger partial charge on any atom is -0.481 e. The molecule has 2 N–H and O–H groups in total. The molecule has 2 heterocycles. The number of nitrogens with zero attached hydrogens (tertiary/aromatic N) is 1. The number of aliphatic carboxylic acids is 1. The van der Waals surface area contributed by atoms with Gasteiger partial charge in [-0.25, -0.2) is 22.2 Å². The van der Waals surface area contributed by atoms with Crippen molar-refractivity contribution in [3.8, 4) is 22.1 Å². The lowest BCUT2D eigenvalue weighted by molar-refractivity contribution is -0.136. The molecule has 0 aliphatic heterocycles. The Hall–Kier alpha value is -4.42. The highest BCUT2D eigenvalue weighted by Gasteiger charge is 2.25. The molecule has 0 aliphatic rings. The van der Waals surface area contributed by atoms with E-state index < -0.39 is 39.0 Å². The zero-order valence-corrected chi connectivity index (χ0v) is 22.4. The molecule has 5 rings (SSSR count). The highest BCUT2D eigenvalue weighted by Crippen LogP contribution is 2.39. The van der Waals surface area contributed by atoms with E-state index in [1.807, 2.05) is 0 Å². The van der Waals surface area contributed by atoms with Gasteiger partial charge < -0.3 is 14.8 Å². The number of carbonyl (C=O) groups excluding carboxylic acids is 1. The zero-order chi connectivity index (χ0) is 28.6. The molecule has 0 radical (unpaired) electrons. The van der Waals surface area contributed by atoms with Crippen LogP contribution in [0.2, 0.25) is 0 Å². The third kappa shape index (κ3) is 5.49. The van der Waals surface area contributed by atoms with Crippen molar-refractivity contribution >= 4 is 43.8 Å². The first-order valence-corrected chi connectivity index (χ1v) is 14.6. The second kappa shape index (κ2) is 10.6. The molecule has 0 aliphatic carbocycles. The van der Waals surface area contributed by atoms with Gasteiger partial charge in [0, 0.05) is 52.3 Å². The zero-order valence-electron chi connectivity index (χ0n) is 20.8. The summed E-state index contributed by atoms with van der Waals surface area (Å²) in [6.45, 7) is 0. The molecule has 0 fully saturated rings. The Labute approximate surface area is 230 Å². The maximum atomic E-state index is 15.0. The molecule has 5 aromatic rings. The number of ether oxygens (including phenoxy) is 1. The average Bonchev–Trinajstić information content (AvgIpc) is 3.57. The number of thiazole rings is 1. The van der Waals surface area contributed by atoms with E-state index in [0.717, 1.165) is 29.7 Å². The van der Waals surface area contributed by atoms with Crippen molar-refractivity contribution in [2.24, 2.45) is 0 Å². The van der Waals surface area contributed by atoms with Crippen molar-refractivity contribution in [1.29, 1.82) is 0 Å². The lowest BCUT2D eigenvalue weighted by Gasteiger charge is -2.13. The van der Waals surface area contributed by atoms with Gasteiger partial charge in [0.25, 0.3) is 0 Å². The van der Waals surface area contributed by atoms with Crippen LogP contribution < -0.4 is 4.74 Å². The Kier molecular flexibility index (Phi) is 7.21. The number of benzene rings is 3. The summed E-state index contributed by atoms with van der Waals surface area (Å²) in [5.41, 5.74) is 1.29. The smallest absolute Gasteiger partial charge is 0.303 e. The molecule has 204 valence electrons. The molecule has 0 spiro atoms. The van der Waals surface area contributed by atoms with Crippen molar-refractivity contribution in [2.45, 2.75) is 17.7 Å². The molecule has 0 amide bonds. The van der Waals surface area contributed by atoms with Crippen LogP contribution in [-0.4, -0.2) is 41.5 Å². The van der Waals surface area contributed by atoms with Gasteiger partial charge in [0.2, 0.25) is 5.78 Å². The fraction of sp³-hybridized carbons (Fsp3) is 0.107. The van der Waals surface area contributed by atoms with E-state index in [1.165, 1.54) is 29.8 Å². The van der Waals surface area contributed by atoms with Crippen LogP contribution in [-0.2, 0) is 21.1 Å². The summed E-state index contributed by atoms with van der Waals surface area (Å²) >= 11 is 1.01. The van der Waals surface area contributed by atoms with Crippen LogP contribution in [0.15, 0.2) is 71.1 Å². The maximum Gasteiger partial charge on any atom is 0.303 e. The molecule has 12 heteroatoms. The lowest BCUT2D eigenvalue weighted by Crippen LogP contribution is -2.04. The Morgan fingerprint density at radius 3 is 2.62 bits per heavy atom. The van der Waals surface area contributed by atoms with E-state index >= 15 is 0 Å². The number of aromatic nitrogens is 2. The van der Waals surface area contributed by atoms with E-state index in [2.05, 4.69) is 9.97 Å². The number of rotatable bonds is 9. The third-order valence-electron chi connectivity index (χ3n) is 6.03. The van der Waals surface area contributed by atoms with Gasteiger partial charge in [-0.2, -0.15) is 0 Å². The van der Waals surface area contributed by atoms with Gasteiger partial charge in [-0.15, -0.1) is 11.3 Å². The largest absolute Gasteiger partial charge is 0.481 e. The summed E-state index contributed by atoms with van der Waals surface area (Å²) in [7, 11) is -3.92. The second-order valence-corrected chi connectivity index (χ2v) is 11.7. The number of sulfone groups is 1. The number of fused-ring (bicyclic) bond motifs is 1. The molecular weight excluding hydrogens is 562 g/mol. The van der Waals surface area contributed by atoms with E-state index in [1.54, 1.807) is 24.3 Å². The normalized spacial score (nSPS) is 11.6. The summed E-state index contributed by atoms with van der Waals surface area (Å²) in [6.07, 6.45) is 2.60. The molecule has 2 aromatic heterocycles. The Morgan fingerprint density at radius 1 is 1.07 bits per heavy atom. The van der Waals surface area contributed by atoms with Crippen LogP contribution in [0.5, 0.6) is 11.5 Å². The van der Waals surface area contributed by atoms with Crippen molar-refractivity contribution in [1.82, 2.24) is 9.97 Å². The van der Waals surface area contributed by atoms with Crippen LogP contribution in [0.4, 0.5) is 8.78 Å². The fourth-order valence-corrected chi connectivity index (χ4v) is 6.08. The number of carboxylic acid groups (broad SMARTS) is 1. The third-order valence-corrected chi connectivity index (χ3v) is 8.05. The van der Waals surface area contributed by atoms with Gasteiger partial charge in [0.15, 0.2) is 21.4 Å². The second-order valence-electron chi connectivity index (χ2n) is 8.93. The van der Waals surface area contributed by atoms with E-state index in [9.17, 15) is 26.8 Å². The van der Waals surface area contributed by atoms with Gasteiger partial charge in [0.1, 0.15) is 27.2 Å². The van der Waals surface area contributed by atoms with Crippen molar-refractivity contribution in [2.75, 3.05) is 6.26 Å². The molecule has 0 unspecified atom stereocenters. The number of halogens is 2. The first-order chi connectivity index (χ1) is 19.0. The maximum absolute atomic E-state index is 15.0. The molecule has 40 heavy (non-hydrogen) atoms. The first-order valence-electron chi connectivity index (χ1n) is 11.8. The Balaban J connectivity index is 1.46. The van der Waals surface area contributed by atoms with E-state index in [-0.39, 0.29) is 50.7 Å². The van der Waals surface area contributed by atoms with Crippen LogP contribution in [0.3, 0.4) is 0 Å². The standard InChI is InChI=1S/C28H20F2N2O6S2/c1-40(36,37)27-18-9-10-31-22(18)13-21(30)26(27)38-17-6-7-20(29)19(12-17)28-32-23(14-39-28)25(35)16-4-2-3-15(11-16)5-8-24(33)34/h2-4,6-7,9-14,31H,5,8H2,1H3,(H,33,34). The summed E-state index contributed by atoms with van der Waals surface area (Å²) in [5, 5.41) is 10.8. The molecule has 0 saturated carbocycles. The first kappa shape index (κ1) is 27.2. The highest BCUT2D eigenvalue weighted by atomic mass is 32.2. The molecular formula is C28H20F2N2O6S2. The number of carboxylic acids is 1. The summed E-state index contributed by atoms with van der Waals surface area (Å²) in [6, 6.07) is 12.7. The molecule has 0 saturated heterocycles. The monoisotopic (exact) mass is 582 g/mol. The van der Waals surface area contributed by atoms with Crippen LogP contribution in [0.25, 0.3) is 21.5 Å². The minimum atomic E-state index is -3.92. The van der Waals surface area contributed by atoms with Crippen molar-refractivity contribution < 1.29 is 36.6 Å². The Bertz CT molecular complexity index is 1900. The number of carbonyl (C=O) groups is 2. The predicted molar refractivity (Wildman–Crippen MR) is 145 cm³/mol. The predicted octanol–water partition coefficient (Wildman–Crippen LogP) is 6.01. The average molecular weight is 583 g/mol. The SMILES string of the molecule is CS(=O)(=O)c1c(Oc2ccc(F)c(-c3nc(C(=O)c4cccc(CCC(=O)O)c4)cs3)c2)c(F)cc2[nH]ccc12. The summed E-state index contributed by atoms with van der Waals surface area (Å²) in [5.74, 6) is -3.54. The number of ketones is 1. The number of hydrogen-bond acceptors (Lipinski definition) is 7. The number of nitrogens with one attached hydrogen (secondary N) is 1. The quantitative estimate of drug-likeness (QED) is 0.204. The lowest BCUT2D eigenvalue weighted by atomic mass is 10.0. The van der Waals surface area contributed by atoms with Gasteiger partial charge in [0.05, 0.1) is 0 Å². The van der Waals surface area contributed by atoms with Crippen LogP contribution >= 0.6 is 11.3 Å². The number of aromatic amines is 1. The van der Waals surface area contributed by atoms with Crippen LogP contribution in [0, 0.1) is 11.6 Å². The molecule has 8 nitrogen and oxygen atoms in total. The van der Waals surface area contributed by atoms with Gasteiger partial charge in [-0.3, -0.25) is 9.59 Å². The molecule has 3 aromatic carbocycles. The molecule has 0 atom stereocenters. The fourth-order valence-electron chi connectivity index (χ4n) is 4.20. The van der Waals surface area contributed by atoms with Crippen LogP contribution in [0.1, 0.15) is 28.0 Å². The van der Waals surface area contributed by atoms with E-state index in [0.29, 0.717) is 11.1 Å². The number of H-pyrrole nitrogens is 1. The minimum absolute atomic E-state index is 0.0270. The number of aryl methyl sites for hydroxylation is 1. The van der Waals surface area contributed by atoms with Gasteiger partial charge in [-0.05, 0) is 42.3 Å². The highest BCUT2D eigenvalue weighted by molar-refractivity contribution is 7.91. The van der Waals surface area contributed by atoms with Gasteiger partial charge >= 0.3 is 5.97 Å². The van der Waals surface area contributed by atoms with Crippen molar-refractivity contribution in [3.63, 3.8) is 0 Å². The topological polar surface area (TPSA) is 126 Å². The Morgan fingerprint density at radius 2 is 1.88 bits per heavy atom. The molecule has 0 bridgehead atoms.